The van der Waals surface area contributed by atoms with Gasteiger partial charge in [-0.2, -0.15) is 0 Å². The van der Waals surface area contributed by atoms with Crippen molar-refractivity contribution in [3.63, 3.8) is 0 Å². The standard InChI is InChI=1S/C17H31N3O5S/c1-17(2,3)25-16(22)20-11-6-5-9-14(20)15(21)18-13-8-7-10-19(12-13)26(4,23)24/h13-14H,5-12H2,1-4H3,(H,18,21). The lowest BCUT2D eigenvalue weighted by atomic mass is 10.0. The van der Waals surface area contributed by atoms with E-state index in [1.165, 1.54) is 15.5 Å². The second-order valence-electron chi connectivity index (χ2n) is 8.15. The molecule has 2 amide bonds. The van der Waals surface area contributed by atoms with Crippen molar-refractivity contribution in [1.29, 1.82) is 0 Å². The minimum absolute atomic E-state index is 0.226. The summed E-state index contributed by atoms with van der Waals surface area (Å²) in [5.74, 6) is -0.226. The van der Waals surface area contributed by atoms with Gasteiger partial charge in [-0.3, -0.25) is 9.69 Å². The van der Waals surface area contributed by atoms with Crippen molar-refractivity contribution in [1.82, 2.24) is 14.5 Å². The lowest BCUT2D eigenvalue weighted by Crippen LogP contribution is -2.57. The van der Waals surface area contributed by atoms with Gasteiger partial charge >= 0.3 is 6.09 Å². The predicted octanol–water partition coefficient (Wildman–Crippen LogP) is 1.32. The zero-order valence-electron chi connectivity index (χ0n) is 16.2. The Morgan fingerprint density at radius 2 is 1.77 bits per heavy atom. The van der Waals surface area contributed by atoms with Gasteiger partial charge in [0.05, 0.1) is 6.26 Å². The highest BCUT2D eigenvalue weighted by molar-refractivity contribution is 7.88. The number of likely N-dealkylation sites (tertiary alicyclic amines) is 1. The van der Waals surface area contributed by atoms with Crippen molar-refractivity contribution >= 4 is 22.0 Å². The molecule has 2 fully saturated rings. The maximum absolute atomic E-state index is 12.8. The van der Waals surface area contributed by atoms with Crippen LogP contribution in [0, 0.1) is 0 Å². The first-order chi connectivity index (χ1) is 12.0. The zero-order chi connectivity index (χ0) is 19.5. The Labute approximate surface area is 156 Å². The molecule has 26 heavy (non-hydrogen) atoms. The highest BCUT2D eigenvalue weighted by Crippen LogP contribution is 2.21. The molecule has 2 atom stereocenters. The average Bonchev–Trinajstić information content (AvgIpc) is 2.52. The number of hydrogen-bond acceptors (Lipinski definition) is 5. The van der Waals surface area contributed by atoms with Crippen LogP contribution >= 0.6 is 0 Å². The van der Waals surface area contributed by atoms with E-state index in [1.807, 2.05) is 0 Å². The van der Waals surface area contributed by atoms with Crippen molar-refractivity contribution in [3.05, 3.63) is 0 Å². The fourth-order valence-corrected chi connectivity index (χ4v) is 4.31. The van der Waals surface area contributed by atoms with Gasteiger partial charge in [0, 0.05) is 25.7 Å². The number of rotatable bonds is 3. The fraction of sp³-hybridized carbons (Fsp3) is 0.882. The van der Waals surface area contributed by atoms with Gasteiger partial charge in [0.15, 0.2) is 0 Å². The van der Waals surface area contributed by atoms with Crippen molar-refractivity contribution in [2.24, 2.45) is 0 Å². The van der Waals surface area contributed by atoms with E-state index >= 15 is 0 Å². The number of carbonyl (C=O) groups is 2. The molecule has 9 heteroatoms. The first-order valence-corrected chi connectivity index (χ1v) is 11.1. The second-order valence-corrected chi connectivity index (χ2v) is 10.1. The van der Waals surface area contributed by atoms with E-state index in [-0.39, 0.29) is 18.5 Å². The molecule has 2 aliphatic heterocycles. The highest BCUT2D eigenvalue weighted by Gasteiger charge is 2.36. The van der Waals surface area contributed by atoms with Gasteiger partial charge in [-0.1, -0.05) is 0 Å². The molecule has 0 spiro atoms. The van der Waals surface area contributed by atoms with E-state index in [4.69, 9.17) is 4.74 Å². The lowest BCUT2D eigenvalue weighted by molar-refractivity contribution is -0.128. The van der Waals surface area contributed by atoms with Gasteiger partial charge in [0.1, 0.15) is 11.6 Å². The number of piperidine rings is 2. The van der Waals surface area contributed by atoms with E-state index in [0.717, 1.165) is 19.3 Å². The lowest BCUT2D eigenvalue weighted by Gasteiger charge is -2.37. The Hall–Kier alpha value is -1.35. The summed E-state index contributed by atoms with van der Waals surface area (Å²) >= 11 is 0. The summed E-state index contributed by atoms with van der Waals surface area (Å²) in [6.45, 7) is 6.65. The van der Waals surface area contributed by atoms with Gasteiger partial charge in [-0.15, -0.1) is 0 Å². The van der Waals surface area contributed by atoms with Crippen molar-refractivity contribution in [2.75, 3.05) is 25.9 Å². The summed E-state index contributed by atoms with van der Waals surface area (Å²) in [5, 5.41) is 2.94. The number of amides is 2. The monoisotopic (exact) mass is 389 g/mol. The topological polar surface area (TPSA) is 96.0 Å². The summed E-state index contributed by atoms with van der Waals surface area (Å²) in [6.07, 6.45) is 4.45. The average molecular weight is 390 g/mol. The van der Waals surface area contributed by atoms with Crippen molar-refractivity contribution in [3.8, 4) is 0 Å². The first-order valence-electron chi connectivity index (χ1n) is 9.22. The van der Waals surface area contributed by atoms with Crippen LogP contribution in [0.25, 0.3) is 0 Å². The molecular formula is C17H31N3O5S. The van der Waals surface area contributed by atoms with E-state index in [0.29, 0.717) is 25.9 Å². The predicted molar refractivity (Wildman–Crippen MR) is 98.2 cm³/mol. The third-order valence-electron chi connectivity index (χ3n) is 4.63. The molecule has 0 radical (unpaired) electrons. The zero-order valence-corrected chi connectivity index (χ0v) is 17.0. The maximum atomic E-state index is 12.8. The molecule has 0 aromatic carbocycles. The molecule has 2 unspecified atom stereocenters. The molecule has 0 saturated carbocycles. The summed E-state index contributed by atoms with van der Waals surface area (Å²) in [6, 6.07) is -0.791. The number of sulfonamides is 1. The minimum Gasteiger partial charge on any atom is -0.444 e. The molecule has 0 aromatic heterocycles. The van der Waals surface area contributed by atoms with Crippen LogP contribution in [0.2, 0.25) is 0 Å². The van der Waals surface area contributed by atoms with Gasteiger partial charge in [0.2, 0.25) is 15.9 Å². The third-order valence-corrected chi connectivity index (χ3v) is 5.90. The van der Waals surface area contributed by atoms with Crippen molar-refractivity contribution in [2.45, 2.75) is 70.6 Å². The molecule has 150 valence electrons. The number of ether oxygens (including phenoxy) is 1. The molecule has 0 aliphatic carbocycles. The van der Waals surface area contributed by atoms with Gasteiger partial charge in [0.25, 0.3) is 0 Å². The highest BCUT2D eigenvalue weighted by atomic mass is 32.2. The third kappa shape index (κ3) is 5.84. The normalized spacial score (nSPS) is 25.6. The minimum atomic E-state index is -3.27. The SMILES string of the molecule is CC(C)(C)OC(=O)N1CCCCC1C(=O)NC1CCCN(S(C)(=O)=O)C1. The van der Waals surface area contributed by atoms with Crippen molar-refractivity contribution < 1.29 is 22.7 Å². The molecule has 0 bridgehead atoms. The molecule has 0 aromatic rings. The molecule has 2 heterocycles. The Morgan fingerprint density at radius 1 is 1.08 bits per heavy atom. The summed E-state index contributed by atoms with van der Waals surface area (Å²) < 4.78 is 30.3. The molecule has 2 rings (SSSR count). The molecule has 1 N–H and O–H groups in total. The Balaban J connectivity index is 2.00. The summed E-state index contributed by atoms with van der Waals surface area (Å²) in [4.78, 5) is 26.7. The van der Waals surface area contributed by atoms with Crippen LogP contribution in [0.15, 0.2) is 0 Å². The van der Waals surface area contributed by atoms with Crippen LogP contribution in [0.3, 0.4) is 0 Å². The molecule has 2 aliphatic rings. The Bertz CT molecular complexity index is 629. The summed E-state index contributed by atoms with van der Waals surface area (Å²) in [7, 11) is -3.27. The molecular weight excluding hydrogens is 358 g/mol. The molecule has 2 saturated heterocycles. The number of nitrogens with one attached hydrogen (secondary N) is 1. The number of hydrogen-bond donors (Lipinski definition) is 1. The van der Waals surface area contributed by atoms with Gasteiger partial charge < -0.3 is 10.1 Å². The van der Waals surface area contributed by atoms with Crippen LogP contribution in [0.4, 0.5) is 4.79 Å². The van der Waals surface area contributed by atoms with E-state index in [2.05, 4.69) is 5.32 Å². The Morgan fingerprint density at radius 3 is 2.38 bits per heavy atom. The van der Waals surface area contributed by atoms with Gasteiger partial charge in [-0.05, 0) is 52.9 Å². The van der Waals surface area contributed by atoms with Crippen LogP contribution < -0.4 is 5.32 Å². The quantitative estimate of drug-likeness (QED) is 0.785. The molecule has 8 nitrogen and oxygen atoms in total. The van der Waals surface area contributed by atoms with Crippen LogP contribution in [-0.4, -0.2) is 73.2 Å². The number of carbonyl (C=O) groups excluding carboxylic acids is 2. The summed E-state index contributed by atoms with van der Waals surface area (Å²) in [5.41, 5.74) is -0.616. The largest absolute Gasteiger partial charge is 0.444 e. The van der Waals surface area contributed by atoms with Crippen LogP contribution in [-0.2, 0) is 19.6 Å². The second kappa shape index (κ2) is 8.12. The number of nitrogens with zero attached hydrogens (tertiary/aromatic N) is 2. The van der Waals surface area contributed by atoms with E-state index in [9.17, 15) is 18.0 Å². The van der Waals surface area contributed by atoms with E-state index in [1.54, 1.807) is 20.8 Å². The Kier molecular flexibility index (Phi) is 6.55. The smallest absolute Gasteiger partial charge is 0.410 e. The van der Waals surface area contributed by atoms with Gasteiger partial charge in [-0.25, -0.2) is 17.5 Å². The fourth-order valence-electron chi connectivity index (χ4n) is 3.40. The van der Waals surface area contributed by atoms with Crippen LogP contribution in [0.5, 0.6) is 0 Å². The first kappa shape index (κ1) is 21.0. The van der Waals surface area contributed by atoms with Crippen LogP contribution in [0.1, 0.15) is 52.9 Å². The van der Waals surface area contributed by atoms with E-state index < -0.39 is 27.8 Å². The maximum Gasteiger partial charge on any atom is 0.410 e.